The number of anilines is 2. The second-order valence-electron chi connectivity index (χ2n) is 5.58. The predicted octanol–water partition coefficient (Wildman–Crippen LogP) is 4.85. The molecule has 0 saturated carbocycles. The zero-order chi connectivity index (χ0) is 17.8. The Morgan fingerprint density at radius 3 is 2.68 bits per heavy atom. The summed E-state index contributed by atoms with van der Waals surface area (Å²) in [6.45, 7) is 0.691. The average molecular weight is 395 g/mol. The molecule has 0 atom stereocenters. The van der Waals surface area contributed by atoms with Crippen molar-refractivity contribution in [2.45, 2.75) is 17.7 Å². The van der Waals surface area contributed by atoms with Crippen LogP contribution < -0.4 is 10.2 Å². The first-order chi connectivity index (χ1) is 12.0. The second kappa shape index (κ2) is 8.13. The van der Waals surface area contributed by atoms with Crippen LogP contribution in [0.3, 0.4) is 0 Å². The number of benzene rings is 2. The van der Waals surface area contributed by atoms with E-state index in [1.54, 1.807) is 29.2 Å². The van der Waals surface area contributed by atoms with Crippen molar-refractivity contribution in [3.63, 3.8) is 0 Å². The topological polar surface area (TPSA) is 49.4 Å². The van der Waals surface area contributed by atoms with Crippen molar-refractivity contribution < 1.29 is 9.59 Å². The molecule has 130 valence electrons. The van der Waals surface area contributed by atoms with Gasteiger partial charge in [-0.2, -0.15) is 0 Å². The zero-order valence-electron chi connectivity index (χ0n) is 13.3. The third kappa shape index (κ3) is 4.48. The largest absolute Gasteiger partial charge is 0.324 e. The molecule has 0 bridgehead atoms. The summed E-state index contributed by atoms with van der Waals surface area (Å²) in [6, 6.07) is 12.6. The molecule has 2 aromatic rings. The number of halogens is 2. The Kier molecular flexibility index (Phi) is 5.89. The van der Waals surface area contributed by atoms with Crippen LogP contribution in [0.15, 0.2) is 47.4 Å². The van der Waals surface area contributed by atoms with Crippen molar-refractivity contribution in [2.24, 2.45) is 0 Å². The van der Waals surface area contributed by atoms with Crippen molar-refractivity contribution in [2.75, 3.05) is 22.5 Å². The highest BCUT2D eigenvalue weighted by molar-refractivity contribution is 8.00. The van der Waals surface area contributed by atoms with Gasteiger partial charge in [-0.15, -0.1) is 11.8 Å². The summed E-state index contributed by atoms with van der Waals surface area (Å²) >= 11 is 13.6. The summed E-state index contributed by atoms with van der Waals surface area (Å²) in [4.78, 5) is 26.7. The Labute approximate surface area is 160 Å². The molecule has 3 rings (SSSR count). The highest BCUT2D eigenvalue weighted by Gasteiger charge is 2.22. The van der Waals surface area contributed by atoms with Crippen molar-refractivity contribution >= 4 is 58.2 Å². The lowest BCUT2D eigenvalue weighted by molar-refractivity contribution is -0.117. The molecule has 1 aliphatic rings. The Bertz CT molecular complexity index is 813. The Hall–Kier alpha value is -1.69. The Balaban J connectivity index is 1.66. The maximum Gasteiger partial charge on any atom is 0.234 e. The van der Waals surface area contributed by atoms with E-state index in [0.29, 0.717) is 28.7 Å². The molecule has 0 aliphatic carbocycles. The summed E-state index contributed by atoms with van der Waals surface area (Å²) in [5, 5.41) is 3.86. The van der Waals surface area contributed by atoms with Crippen LogP contribution in [-0.4, -0.2) is 24.1 Å². The third-order valence-electron chi connectivity index (χ3n) is 3.80. The number of nitrogens with one attached hydrogen (secondary N) is 1. The third-order valence-corrected chi connectivity index (χ3v) is 5.65. The molecule has 1 heterocycles. The fourth-order valence-electron chi connectivity index (χ4n) is 2.59. The van der Waals surface area contributed by atoms with E-state index in [2.05, 4.69) is 5.32 Å². The first-order valence-electron chi connectivity index (χ1n) is 7.81. The van der Waals surface area contributed by atoms with Gasteiger partial charge in [-0.1, -0.05) is 35.3 Å². The molecule has 4 nitrogen and oxygen atoms in total. The lowest BCUT2D eigenvalue weighted by Crippen LogP contribution is -2.24. The number of carbonyl (C=O) groups is 2. The van der Waals surface area contributed by atoms with Crippen molar-refractivity contribution in [3.8, 4) is 0 Å². The van der Waals surface area contributed by atoms with Crippen LogP contribution in [0.25, 0.3) is 0 Å². The van der Waals surface area contributed by atoms with Crippen molar-refractivity contribution in [1.29, 1.82) is 0 Å². The van der Waals surface area contributed by atoms with Crippen molar-refractivity contribution in [3.05, 3.63) is 52.5 Å². The van der Waals surface area contributed by atoms with E-state index in [0.717, 1.165) is 17.0 Å². The van der Waals surface area contributed by atoms with Gasteiger partial charge >= 0.3 is 0 Å². The highest BCUT2D eigenvalue weighted by Crippen LogP contribution is 2.31. The van der Waals surface area contributed by atoms with Crippen LogP contribution in [0.2, 0.25) is 10.0 Å². The number of hydrogen-bond acceptors (Lipinski definition) is 3. The molecule has 1 saturated heterocycles. The Morgan fingerprint density at radius 2 is 1.96 bits per heavy atom. The molecular formula is C18H16Cl2N2O2S. The minimum atomic E-state index is -0.184. The van der Waals surface area contributed by atoms with E-state index in [1.165, 1.54) is 11.8 Å². The quantitative estimate of drug-likeness (QED) is 0.737. The van der Waals surface area contributed by atoms with Gasteiger partial charge in [-0.05, 0) is 36.8 Å². The zero-order valence-corrected chi connectivity index (χ0v) is 15.6. The van der Waals surface area contributed by atoms with E-state index in [4.69, 9.17) is 23.2 Å². The first kappa shape index (κ1) is 18.1. The van der Waals surface area contributed by atoms with Crippen LogP contribution >= 0.6 is 35.0 Å². The number of nitrogens with zero attached hydrogens (tertiary/aromatic N) is 1. The second-order valence-corrected chi connectivity index (χ2v) is 7.41. The highest BCUT2D eigenvalue weighted by atomic mass is 35.5. The number of hydrogen-bond donors (Lipinski definition) is 1. The van der Waals surface area contributed by atoms with Gasteiger partial charge in [0.05, 0.1) is 21.5 Å². The lowest BCUT2D eigenvalue weighted by atomic mass is 10.2. The van der Waals surface area contributed by atoms with Gasteiger partial charge in [0.2, 0.25) is 11.8 Å². The normalized spacial score (nSPS) is 14.0. The minimum absolute atomic E-state index is 0.0916. The summed E-state index contributed by atoms with van der Waals surface area (Å²) in [6.07, 6.45) is 1.40. The Morgan fingerprint density at radius 1 is 1.16 bits per heavy atom. The first-order valence-corrected chi connectivity index (χ1v) is 9.56. The predicted molar refractivity (Wildman–Crippen MR) is 104 cm³/mol. The molecule has 1 N–H and O–H groups in total. The van der Waals surface area contributed by atoms with Gasteiger partial charge in [0.1, 0.15) is 0 Å². The SMILES string of the molecule is O=C(CSc1ccccc1Cl)Nc1cc(N2CCCC2=O)ccc1Cl. The van der Waals surface area contributed by atoms with Gasteiger partial charge in [0.15, 0.2) is 0 Å². The van der Waals surface area contributed by atoms with Crippen LogP contribution in [0.1, 0.15) is 12.8 Å². The number of thioether (sulfide) groups is 1. The average Bonchev–Trinajstić information content (AvgIpc) is 3.02. The maximum absolute atomic E-state index is 12.2. The molecular weight excluding hydrogens is 379 g/mol. The van der Waals surface area contributed by atoms with Gasteiger partial charge in [-0.3, -0.25) is 9.59 Å². The summed E-state index contributed by atoms with van der Waals surface area (Å²) < 4.78 is 0. The standard InChI is InChI=1S/C18H16Cl2N2O2S/c19-13-8-7-12(22-9-3-6-18(22)24)10-15(13)21-17(23)11-25-16-5-2-1-4-14(16)20/h1-2,4-5,7-8,10H,3,6,9,11H2,(H,21,23). The van der Waals surface area contributed by atoms with E-state index in [1.807, 2.05) is 18.2 Å². The van der Waals surface area contributed by atoms with E-state index < -0.39 is 0 Å². The molecule has 0 aromatic heterocycles. The molecule has 2 amide bonds. The molecule has 1 fully saturated rings. The maximum atomic E-state index is 12.2. The minimum Gasteiger partial charge on any atom is -0.324 e. The smallest absolute Gasteiger partial charge is 0.234 e. The van der Waals surface area contributed by atoms with Gasteiger partial charge < -0.3 is 10.2 Å². The monoisotopic (exact) mass is 394 g/mol. The summed E-state index contributed by atoms with van der Waals surface area (Å²) in [5.41, 5.74) is 1.25. The summed E-state index contributed by atoms with van der Waals surface area (Å²) in [5.74, 6) is 0.123. The van der Waals surface area contributed by atoms with Crippen molar-refractivity contribution in [1.82, 2.24) is 0 Å². The molecule has 25 heavy (non-hydrogen) atoms. The summed E-state index contributed by atoms with van der Waals surface area (Å²) in [7, 11) is 0. The van der Waals surface area contributed by atoms with Crippen LogP contribution in [0.5, 0.6) is 0 Å². The number of amides is 2. The van der Waals surface area contributed by atoms with Crippen LogP contribution in [0.4, 0.5) is 11.4 Å². The molecule has 1 aliphatic heterocycles. The molecule has 0 unspecified atom stereocenters. The number of rotatable bonds is 5. The van der Waals surface area contributed by atoms with Gasteiger partial charge in [-0.25, -0.2) is 0 Å². The number of carbonyl (C=O) groups excluding carboxylic acids is 2. The van der Waals surface area contributed by atoms with E-state index in [-0.39, 0.29) is 17.6 Å². The molecule has 2 aromatic carbocycles. The molecule has 0 spiro atoms. The van der Waals surface area contributed by atoms with Crippen LogP contribution in [0, 0.1) is 0 Å². The fourth-order valence-corrected chi connectivity index (χ4v) is 3.79. The van der Waals surface area contributed by atoms with Gasteiger partial charge in [0, 0.05) is 23.5 Å². The molecule has 7 heteroatoms. The van der Waals surface area contributed by atoms with E-state index in [9.17, 15) is 9.59 Å². The fraction of sp³-hybridized carbons (Fsp3) is 0.222. The molecule has 0 radical (unpaired) electrons. The van der Waals surface area contributed by atoms with E-state index >= 15 is 0 Å². The lowest BCUT2D eigenvalue weighted by Gasteiger charge is -2.17. The van der Waals surface area contributed by atoms with Gasteiger partial charge in [0.25, 0.3) is 0 Å². The van der Waals surface area contributed by atoms with Crippen LogP contribution in [-0.2, 0) is 9.59 Å².